The van der Waals surface area contributed by atoms with Crippen molar-refractivity contribution in [3.8, 4) is 0 Å². The summed E-state index contributed by atoms with van der Waals surface area (Å²) in [7, 11) is 0. The highest BCUT2D eigenvalue weighted by Crippen LogP contribution is 2.08. The smallest absolute Gasteiger partial charge is 0.407 e. The maximum atomic E-state index is 11.5. The molecule has 19 heavy (non-hydrogen) atoms. The minimum Gasteiger partial charge on any atom is -0.496 e. The van der Waals surface area contributed by atoms with Crippen LogP contribution in [0.4, 0.5) is 4.79 Å². The molecule has 0 radical (unpaired) electrons. The lowest BCUT2D eigenvalue weighted by atomic mass is 10.2. The Labute approximate surface area is 113 Å². The van der Waals surface area contributed by atoms with E-state index in [-0.39, 0.29) is 6.61 Å². The Hall–Kier alpha value is -1.97. The Morgan fingerprint density at radius 3 is 2.84 bits per heavy atom. The Morgan fingerprint density at radius 2 is 2.16 bits per heavy atom. The van der Waals surface area contributed by atoms with Gasteiger partial charge in [0.05, 0.1) is 13.2 Å². The van der Waals surface area contributed by atoms with Gasteiger partial charge in [-0.2, -0.15) is 0 Å². The van der Waals surface area contributed by atoms with E-state index in [1.807, 2.05) is 37.3 Å². The van der Waals surface area contributed by atoms with Crippen LogP contribution in [0.3, 0.4) is 0 Å². The summed E-state index contributed by atoms with van der Waals surface area (Å²) in [5.74, 6) is 0.818. The zero-order valence-electron chi connectivity index (χ0n) is 11.1. The molecule has 1 aliphatic heterocycles. The number of aryl methyl sites for hydroxylation is 1. The van der Waals surface area contributed by atoms with Crippen molar-refractivity contribution in [2.45, 2.75) is 26.4 Å². The van der Waals surface area contributed by atoms with E-state index in [0.29, 0.717) is 6.54 Å². The molecule has 0 aromatic heterocycles. The molecule has 0 spiro atoms. The van der Waals surface area contributed by atoms with Crippen LogP contribution in [-0.4, -0.2) is 19.2 Å². The summed E-state index contributed by atoms with van der Waals surface area (Å²) >= 11 is 0. The molecule has 4 nitrogen and oxygen atoms in total. The lowest BCUT2D eigenvalue weighted by Crippen LogP contribution is -2.27. The highest BCUT2D eigenvalue weighted by Gasteiger charge is 2.07. The molecule has 1 amide bonds. The van der Waals surface area contributed by atoms with Crippen molar-refractivity contribution in [2.75, 3.05) is 13.2 Å². The number of carbonyl (C=O) groups is 1. The molecule has 1 heterocycles. The van der Waals surface area contributed by atoms with Crippen LogP contribution in [-0.2, 0) is 16.1 Å². The van der Waals surface area contributed by atoms with Crippen molar-refractivity contribution in [3.05, 3.63) is 47.2 Å². The third-order valence-corrected chi connectivity index (χ3v) is 2.91. The largest absolute Gasteiger partial charge is 0.496 e. The van der Waals surface area contributed by atoms with Crippen molar-refractivity contribution in [1.82, 2.24) is 5.32 Å². The van der Waals surface area contributed by atoms with Crippen molar-refractivity contribution in [2.24, 2.45) is 0 Å². The second-order valence-electron chi connectivity index (χ2n) is 4.58. The summed E-state index contributed by atoms with van der Waals surface area (Å²) in [6.07, 6.45) is 3.64. The van der Waals surface area contributed by atoms with Gasteiger partial charge in [0.1, 0.15) is 12.4 Å². The average Bonchev–Trinajstić information content (AvgIpc) is 2.45. The van der Waals surface area contributed by atoms with Gasteiger partial charge in [0.15, 0.2) is 0 Å². The van der Waals surface area contributed by atoms with E-state index < -0.39 is 6.09 Å². The van der Waals surface area contributed by atoms with E-state index in [4.69, 9.17) is 9.47 Å². The van der Waals surface area contributed by atoms with Gasteiger partial charge in [-0.15, -0.1) is 0 Å². The Kier molecular flexibility index (Phi) is 4.84. The first-order chi connectivity index (χ1) is 9.24. The van der Waals surface area contributed by atoms with Crippen molar-refractivity contribution in [1.29, 1.82) is 0 Å². The summed E-state index contributed by atoms with van der Waals surface area (Å²) in [4.78, 5) is 11.5. The first-order valence-corrected chi connectivity index (χ1v) is 6.52. The average molecular weight is 261 g/mol. The van der Waals surface area contributed by atoms with Gasteiger partial charge < -0.3 is 14.8 Å². The van der Waals surface area contributed by atoms with Gasteiger partial charge in [0, 0.05) is 0 Å². The van der Waals surface area contributed by atoms with E-state index in [9.17, 15) is 4.79 Å². The number of carbonyl (C=O) groups excluding carboxylic acids is 1. The molecule has 0 unspecified atom stereocenters. The van der Waals surface area contributed by atoms with Gasteiger partial charge >= 0.3 is 6.09 Å². The van der Waals surface area contributed by atoms with Gasteiger partial charge in [-0.05, 0) is 31.4 Å². The standard InChI is InChI=1S/C15H19NO3/c1-12-5-7-13(8-6-12)11-19-15(17)16-10-14-4-2-3-9-18-14/h4-8H,2-3,9-11H2,1H3,(H,16,17). The molecule has 0 atom stereocenters. The van der Waals surface area contributed by atoms with Gasteiger partial charge in [0.2, 0.25) is 0 Å². The third kappa shape index (κ3) is 4.66. The molecule has 2 rings (SSSR count). The molecule has 1 N–H and O–H groups in total. The first kappa shape index (κ1) is 13.5. The number of hydrogen-bond donors (Lipinski definition) is 1. The summed E-state index contributed by atoms with van der Waals surface area (Å²) in [6, 6.07) is 7.90. The fourth-order valence-corrected chi connectivity index (χ4v) is 1.78. The molecule has 1 aromatic carbocycles. The molecule has 0 bridgehead atoms. The molecular formula is C15H19NO3. The summed E-state index contributed by atoms with van der Waals surface area (Å²) in [5, 5.41) is 2.68. The van der Waals surface area contributed by atoms with Crippen LogP contribution >= 0.6 is 0 Å². The second-order valence-corrected chi connectivity index (χ2v) is 4.58. The quantitative estimate of drug-likeness (QED) is 0.906. The van der Waals surface area contributed by atoms with E-state index in [1.54, 1.807) is 0 Å². The second kappa shape index (κ2) is 6.83. The summed E-state index contributed by atoms with van der Waals surface area (Å²) < 4.78 is 10.5. The normalized spacial score (nSPS) is 14.3. The van der Waals surface area contributed by atoms with Gasteiger partial charge in [-0.3, -0.25) is 0 Å². The van der Waals surface area contributed by atoms with E-state index >= 15 is 0 Å². The van der Waals surface area contributed by atoms with Crippen LogP contribution in [0.2, 0.25) is 0 Å². The first-order valence-electron chi connectivity index (χ1n) is 6.52. The molecule has 0 saturated carbocycles. The molecule has 0 fully saturated rings. The number of benzene rings is 1. The highest BCUT2D eigenvalue weighted by atomic mass is 16.5. The topological polar surface area (TPSA) is 47.6 Å². The minimum atomic E-state index is -0.421. The number of amides is 1. The summed E-state index contributed by atoms with van der Waals surface area (Å²) in [6.45, 7) is 3.43. The van der Waals surface area contributed by atoms with Crippen LogP contribution in [0.15, 0.2) is 36.1 Å². The number of alkyl carbamates (subject to hydrolysis) is 1. The Morgan fingerprint density at radius 1 is 1.37 bits per heavy atom. The maximum absolute atomic E-state index is 11.5. The minimum absolute atomic E-state index is 0.284. The highest BCUT2D eigenvalue weighted by molar-refractivity contribution is 5.67. The number of allylic oxidation sites excluding steroid dienone is 1. The van der Waals surface area contributed by atoms with Crippen LogP contribution in [0, 0.1) is 6.92 Å². The molecule has 1 aromatic rings. The van der Waals surface area contributed by atoms with E-state index in [1.165, 1.54) is 5.56 Å². The number of hydrogen-bond acceptors (Lipinski definition) is 3. The summed E-state index contributed by atoms with van der Waals surface area (Å²) in [5.41, 5.74) is 2.17. The molecule has 0 aliphatic carbocycles. The van der Waals surface area contributed by atoms with E-state index in [2.05, 4.69) is 5.32 Å². The number of rotatable bonds is 4. The SMILES string of the molecule is Cc1ccc(COC(=O)NCC2=CCCCO2)cc1. The van der Waals surface area contributed by atoms with Gasteiger partial charge in [0.25, 0.3) is 0 Å². The van der Waals surface area contributed by atoms with Gasteiger partial charge in [-0.1, -0.05) is 29.8 Å². The third-order valence-electron chi connectivity index (χ3n) is 2.91. The number of nitrogens with one attached hydrogen (secondary N) is 1. The van der Waals surface area contributed by atoms with Crippen molar-refractivity contribution < 1.29 is 14.3 Å². The Balaban J connectivity index is 1.69. The van der Waals surface area contributed by atoms with Crippen LogP contribution < -0.4 is 5.32 Å². The van der Waals surface area contributed by atoms with Crippen LogP contribution in [0.25, 0.3) is 0 Å². The Bertz CT molecular complexity index is 451. The molecular weight excluding hydrogens is 242 g/mol. The van der Waals surface area contributed by atoms with Crippen LogP contribution in [0.5, 0.6) is 0 Å². The zero-order chi connectivity index (χ0) is 13.5. The lowest BCUT2D eigenvalue weighted by Gasteiger charge is -2.15. The predicted octanol–water partition coefficient (Wildman–Crippen LogP) is 2.92. The maximum Gasteiger partial charge on any atom is 0.407 e. The lowest BCUT2D eigenvalue weighted by molar-refractivity contribution is 0.135. The van der Waals surface area contributed by atoms with Gasteiger partial charge in [-0.25, -0.2) is 4.79 Å². The molecule has 102 valence electrons. The molecule has 1 aliphatic rings. The monoisotopic (exact) mass is 261 g/mol. The van der Waals surface area contributed by atoms with Crippen LogP contribution in [0.1, 0.15) is 24.0 Å². The number of ether oxygens (including phenoxy) is 2. The predicted molar refractivity (Wildman–Crippen MR) is 72.6 cm³/mol. The van der Waals surface area contributed by atoms with Crippen molar-refractivity contribution >= 4 is 6.09 Å². The van der Waals surface area contributed by atoms with E-state index in [0.717, 1.165) is 30.8 Å². The molecule has 4 heteroatoms. The fourth-order valence-electron chi connectivity index (χ4n) is 1.78. The molecule has 0 saturated heterocycles. The van der Waals surface area contributed by atoms with Crippen molar-refractivity contribution in [3.63, 3.8) is 0 Å². The zero-order valence-corrected chi connectivity index (χ0v) is 11.1. The fraction of sp³-hybridized carbons (Fsp3) is 0.400.